The summed E-state index contributed by atoms with van der Waals surface area (Å²) in [6.45, 7) is 11.5. The van der Waals surface area contributed by atoms with Crippen molar-refractivity contribution in [3.63, 3.8) is 0 Å². The van der Waals surface area contributed by atoms with Crippen LogP contribution < -0.4 is 5.73 Å². The fraction of sp³-hybridized carbons (Fsp3) is 0.929. The molecule has 0 atom stereocenters. The lowest BCUT2D eigenvalue weighted by Crippen LogP contribution is -2.39. The van der Waals surface area contributed by atoms with Gasteiger partial charge in [0.25, 0.3) is 0 Å². The van der Waals surface area contributed by atoms with Crippen LogP contribution in [0.2, 0.25) is 0 Å². The van der Waals surface area contributed by atoms with E-state index in [1.165, 1.54) is 0 Å². The Morgan fingerprint density at radius 3 is 1.95 bits per heavy atom. The summed E-state index contributed by atoms with van der Waals surface area (Å²) in [5, 5.41) is 0. The van der Waals surface area contributed by atoms with Gasteiger partial charge in [0.15, 0.2) is 0 Å². The first-order valence-electron chi connectivity index (χ1n) is 7.12. The summed E-state index contributed by atoms with van der Waals surface area (Å²) in [7, 11) is 0. The van der Waals surface area contributed by atoms with Crippen LogP contribution in [0, 0.1) is 0 Å². The van der Waals surface area contributed by atoms with Gasteiger partial charge in [-0.15, -0.1) is 0 Å². The van der Waals surface area contributed by atoms with Crippen LogP contribution in [0.5, 0.6) is 0 Å². The van der Waals surface area contributed by atoms with Gasteiger partial charge in [0, 0.05) is 38.3 Å². The minimum absolute atomic E-state index is 0.123. The van der Waals surface area contributed by atoms with Gasteiger partial charge in [-0.05, 0) is 34.1 Å². The highest BCUT2D eigenvalue weighted by Crippen LogP contribution is 2.09. The van der Waals surface area contributed by atoms with Crippen molar-refractivity contribution >= 4 is 5.91 Å². The Bertz CT molecular complexity index is 229. The van der Waals surface area contributed by atoms with Gasteiger partial charge < -0.3 is 20.1 Å². The van der Waals surface area contributed by atoms with Crippen molar-refractivity contribution in [1.82, 2.24) is 4.90 Å². The summed E-state index contributed by atoms with van der Waals surface area (Å²) in [5.41, 5.74) is 5.60. The maximum absolute atomic E-state index is 12.1. The van der Waals surface area contributed by atoms with Crippen molar-refractivity contribution in [2.45, 2.75) is 46.1 Å². The molecule has 0 bridgehead atoms. The van der Waals surface area contributed by atoms with Crippen molar-refractivity contribution in [1.29, 1.82) is 0 Å². The molecule has 0 aromatic carbocycles. The Kier molecular flexibility index (Phi) is 9.83. The second-order valence-corrected chi connectivity index (χ2v) is 5.26. The van der Waals surface area contributed by atoms with E-state index in [9.17, 15) is 4.79 Å². The molecule has 5 nitrogen and oxygen atoms in total. The number of hydrogen-bond acceptors (Lipinski definition) is 4. The molecular weight excluding hydrogens is 244 g/mol. The molecule has 0 radical (unpaired) electrons. The molecule has 0 heterocycles. The van der Waals surface area contributed by atoms with Gasteiger partial charge in [-0.3, -0.25) is 4.79 Å². The third-order valence-electron chi connectivity index (χ3n) is 2.76. The van der Waals surface area contributed by atoms with Gasteiger partial charge in [-0.1, -0.05) is 0 Å². The number of carbonyl (C=O) groups excluding carboxylic acids is 1. The average Bonchev–Trinajstić information content (AvgIpc) is 2.33. The standard InChI is InChI=1S/C14H30N2O3/c1-5-18-11-9-16(10-12-19-6-2)13(17)7-8-14(3,4)15/h5-12,15H2,1-4H3. The molecule has 114 valence electrons. The van der Waals surface area contributed by atoms with Crippen molar-refractivity contribution in [3.8, 4) is 0 Å². The predicted molar refractivity (Wildman–Crippen MR) is 77.1 cm³/mol. The highest BCUT2D eigenvalue weighted by atomic mass is 16.5. The molecule has 0 aliphatic carbocycles. The molecule has 0 aliphatic heterocycles. The molecule has 1 amide bonds. The fourth-order valence-corrected chi connectivity index (χ4v) is 1.59. The Hall–Kier alpha value is -0.650. The summed E-state index contributed by atoms with van der Waals surface area (Å²) >= 11 is 0. The molecule has 19 heavy (non-hydrogen) atoms. The lowest BCUT2D eigenvalue weighted by Gasteiger charge is -2.25. The Morgan fingerprint density at radius 2 is 1.58 bits per heavy atom. The lowest BCUT2D eigenvalue weighted by atomic mass is 10.00. The zero-order valence-electron chi connectivity index (χ0n) is 12.9. The summed E-state index contributed by atoms with van der Waals surface area (Å²) < 4.78 is 10.6. The van der Waals surface area contributed by atoms with Crippen LogP contribution in [0.3, 0.4) is 0 Å². The number of carbonyl (C=O) groups is 1. The average molecular weight is 274 g/mol. The number of nitrogens with two attached hydrogens (primary N) is 1. The number of amides is 1. The molecule has 0 aromatic heterocycles. The summed E-state index contributed by atoms with van der Waals surface area (Å²) in [6, 6.07) is 0. The summed E-state index contributed by atoms with van der Waals surface area (Å²) in [4.78, 5) is 13.9. The molecule has 0 saturated heterocycles. The van der Waals surface area contributed by atoms with Gasteiger partial charge in [0.05, 0.1) is 13.2 Å². The van der Waals surface area contributed by atoms with E-state index in [4.69, 9.17) is 15.2 Å². The topological polar surface area (TPSA) is 64.8 Å². The van der Waals surface area contributed by atoms with E-state index in [2.05, 4.69) is 0 Å². The second kappa shape index (κ2) is 10.2. The Balaban J connectivity index is 4.15. The zero-order chi connectivity index (χ0) is 14.7. The zero-order valence-corrected chi connectivity index (χ0v) is 12.9. The third kappa shape index (κ3) is 10.9. The molecule has 0 saturated carbocycles. The van der Waals surface area contributed by atoms with E-state index < -0.39 is 0 Å². The van der Waals surface area contributed by atoms with Crippen molar-refractivity contribution < 1.29 is 14.3 Å². The Morgan fingerprint density at radius 1 is 1.11 bits per heavy atom. The molecule has 0 aromatic rings. The van der Waals surface area contributed by atoms with Gasteiger partial charge in [-0.25, -0.2) is 0 Å². The van der Waals surface area contributed by atoms with E-state index >= 15 is 0 Å². The first-order valence-corrected chi connectivity index (χ1v) is 7.12. The quantitative estimate of drug-likeness (QED) is 0.579. The second-order valence-electron chi connectivity index (χ2n) is 5.26. The van der Waals surface area contributed by atoms with Crippen molar-refractivity contribution in [2.75, 3.05) is 39.5 Å². The molecular formula is C14H30N2O3. The minimum Gasteiger partial charge on any atom is -0.380 e. The van der Waals surface area contributed by atoms with E-state index in [1.807, 2.05) is 27.7 Å². The smallest absolute Gasteiger partial charge is 0.222 e. The van der Waals surface area contributed by atoms with Crippen LogP contribution >= 0.6 is 0 Å². The van der Waals surface area contributed by atoms with Crippen molar-refractivity contribution in [2.24, 2.45) is 5.73 Å². The summed E-state index contributed by atoms with van der Waals surface area (Å²) in [5.74, 6) is 0.123. The van der Waals surface area contributed by atoms with Gasteiger partial charge in [-0.2, -0.15) is 0 Å². The SMILES string of the molecule is CCOCCN(CCOCC)C(=O)CCC(C)(C)N. The molecule has 5 heteroatoms. The summed E-state index contributed by atoms with van der Waals surface area (Å²) in [6.07, 6.45) is 1.16. The highest BCUT2D eigenvalue weighted by molar-refractivity contribution is 5.76. The maximum atomic E-state index is 12.1. The molecule has 0 aliphatic rings. The van der Waals surface area contributed by atoms with E-state index in [-0.39, 0.29) is 11.4 Å². The molecule has 0 fully saturated rings. The van der Waals surface area contributed by atoms with Gasteiger partial charge in [0.2, 0.25) is 5.91 Å². The van der Waals surface area contributed by atoms with Crippen LogP contribution in [0.4, 0.5) is 0 Å². The van der Waals surface area contributed by atoms with Crippen molar-refractivity contribution in [3.05, 3.63) is 0 Å². The van der Waals surface area contributed by atoms with Crippen LogP contribution in [-0.4, -0.2) is 55.9 Å². The molecule has 0 spiro atoms. The van der Waals surface area contributed by atoms with Crippen LogP contribution in [0.15, 0.2) is 0 Å². The molecule has 0 rings (SSSR count). The van der Waals surface area contributed by atoms with Crippen LogP contribution in [0.1, 0.15) is 40.5 Å². The van der Waals surface area contributed by atoms with Gasteiger partial charge in [0.1, 0.15) is 0 Å². The Labute approximate surface area is 117 Å². The third-order valence-corrected chi connectivity index (χ3v) is 2.76. The fourth-order valence-electron chi connectivity index (χ4n) is 1.59. The van der Waals surface area contributed by atoms with Gasteiger partial charge >= 0.3 is 0 Å². The van der Waals surface area contributed by atoms with E-state index in [1.54, 1.807) is 4.90 Å². The van der Waals surface area contributed by atoms with E-state index in [0.717, 1.165) is 0 Å². The predicted octanol–water partition coefficient (Wildman–Crippen LogP) is 1.41. The van der Waals surface area contributed by atoms with Crippen LogP contribution in [-0.2, 0) is 14.3 Å². The largest absolute Gasteiger partial charge is 0.380 e. The monoisotopic (exact) mass is 274 g/mol. The minimum atomic E-state index is -0.304. The maximum Gasteiger partial charge on any atom is 0.222 e. The number of hydrogen-bond donors (Lipinski definition) is 1. The first-order chi connectivity index (χ1) is 8.90. The number of rotatable bonds is 11. The molecule has 0 unspecified atom stereocenters. The number of nitrogens with zero attached hydrogens (tertiary/aromatic N) is 1. The number of ether oxygens (including phenoxy) is 2. The van der Waals surface area contributed by atoms with E-state index in [0.29, 0.717) is 52.4 Å². The van der Waals surface area contributed by atoms with Crippen LogP contribution in [0.25, 0.3) is 0 Å². The first kappa shape index (κ1) is 18.4. The normalized spacial score (nSPS) is 11.6. The lowest BCUT2D eigenvalue weighted by molar-refractivity contribution is -0.133. The molecule has 2 N–H and O–H groups in total. The highest BCUT2D eigenvalue weighted by Gasteiger charge is 2.17.